The second-order valence-corrected chi connectivity index (χ2v) is 8.90. The molecule has 1 aliphatic rings. The van der Waals surface area contributed by atoms with Crippen LogP contribution in [0.25, 0.3) is 0 Å². The highest BCUT2D eigenvalue weighted by atomic mass is 16.6. The third-order valence-corrected chi connectivity index (χ3v) is 4.69. The molecule has 0 aliphatic carbocycles. The fraction of sp³-hybridized carbons (Fsp3) is 0.773. The van der Waals surface area contributed by atoms with E-state index >= 15 is 0 Å². The standard InChI is InChI=1S/C22H35NO11/c1-11-17(31-12(2)24)19(33-14(4)26)18(32-13(3)25)16(30-11)10-9-15(20(27)29-8)23-21(28)34-22(5,6)7/h11,15-19H,9-10H2,1-8H3,(H,23,28)/t11-,15+,16-,17+,18+,19+/m0/s1. The van der Waals surface area contributed by atoms with Crippen molar-refractivity contribution in [2.24, 2.45) is 0 Å². The van der Waals surface area contributed by atoms with Crippen LogP contribution in [0.2, 0.25) is 0 Å². The van der Waals surface area contributed by atoms with Gasteiger partial charge in [0.15, 0.2) is 18.3 Å². The number of esters is 4. The fourth-order valence-electron chi connectivity index (χ4n) is 3.52. The van der Waals surface area contributed by atoms with E-state index in [1.54, 1.807) is 27.7 Å². The normalized spacial score (nSPS) is 25.4. The predicted molar refractivity (Wildman–Crippen MR) is 115 cm³/mol. The Kier molecular flexibility index (Phi) is 10.7. The smallest absolute Gasteiger partial charge is 0.408 e. The largest absolute Gasteiger partial charge is 0.467 e. The number of methoxy groups -OCH3 is 1. The van der Waals surface area contributed by atoms with Crippen LogP contribution in [0, 0.1) is 0 Å². The van der Waals surface area contributed by atoms with Crippen LogP contribution in [0.4, 0.5) is 4.79 Å². The molecule has 12 heteroatoms. The summed E-state index contributed by atoms with van der Waals surface area (Å²) in [5.74, 6) is -2.70. The van der Waals surface area contributed by atoms with Crippen molar-refractivity contribution in [2.45, 2.75) is 103 Å². The zero-order chi connectivity index (χ0) is 26.2. The maximum atomic E-state index is 12.2. The van der Waals surface area contributed by atoms with E-state index in [0.717, 1.165) is 0 Å². The van der Waals surface area contributed by atoms with Gasteiger partial charge in [0.2, 0.25) is 0 Å². The van der Waals surface area contributed by atoms with Crippen LogP contribution in [0.1, 0.15) is 61.3 Å². The molecule has 1 N–H and O–H groups in total. The topological polar surface area (TPSA) is 153 Å². The van der Waals surface area contributed by atoms with Crippen LogP contribution in [0.3, 0.4) is 0 Å². The number of hydrogen-bond donors (Lipinski definition) is 1. The van der Waals surface area contributed by atoms with Crippen molar-refractivity contribution in [3.63, 3.8) is 0 Å². The highest BCUT2D eigenvalue weighted by molar-refractivity contribution is 5.81. The minimum absolute atomic E-state index is 0.0199. The van der Waals surface area contributed by atoms with E-state index in [4.69, 9.17) is 28.4 Å². The van der Waals surface area contributed by atoms with Gasteiger partial charge in [-0.3, -0.25) is 14.4 Å². The van der Waals surface area contributed by atoms with E-state index in [1.807, 2.05) is 0 Å². The molecule has 1 heterocycles. The summed E-state index contributed by atoms with van der Waals surface area (Å²) in [4.78, 5) is 59.6. The summed E-state index contributed by atoms with van der Waals surface area (Å²) < 4.78 is 31.9. The third-order valence-electron chi connectivity index (χ3n) is 4.69. The van der Waals surface area contributed by atoms with Crippen molar-refractivity contribution in [1.82, 2.24) is 5.32 Å². The number of alkyl carbamates (subject to hydrolysis) is 1. The van der Waals surface area contributed by atoms with Gasteiger partial charge in [-0.2, -0.15) is 0 Å². The average molecular weight is 490 g/mol. The Balaban J connectivity index is 3.12. The Morgan fingerprint density at radius 1 is 0.882 bits per heavy atom. The highest BCUT2D eigenvalue weighted by Crippen LogP contribution is 2.31. The molecule has 0 aromatic carbocycles. The van der Waals surface area contributed by atoms with E-state index < -0.39 is 72.1 Å². The maximum Gasteiger partial charge on any atom is 0.408 e. The van der Waals surface area contributed by atoms with Crippen LogP contribution < -0.4 is 5.32 Å². The first kappa shape index (κ1) is 29.1. The number of hydrogen-bond acceptors (Lipinski definition) is 11. The first-order valence-electron chi connectivity index (χ1n) is 10.9. The molecule has 1 aliphatic heterocycles. The van der Waals surface area contributed by atoms with E-state index in [-0.39, 0.29) is 12.8 Å². The van der Waals surface area contributed by atoms with Crippen molar-refractivity contribution in [2.75, 3.05) is 7.11 Å². The second kappa shape index (κ2) is 12.5. The lowest BCUT2D eigenvalue weighted by Crippen LogP contribution is -2.60. The number of rotatable bonds is 8. The lowest BCUT2D eigenvalue weighted by atomic mass is 9.91. The molecular formula is C22H35NO11. The fourth-order valence-corrected chi connectivity index (χ4v) is 3.52. The minimum Gasteiger partial charge on any atom is -0.467 e. The van der Waals surface area contributed by atoms with Crippen LogP contribution in [0.5, 0.6) is 0 Å². The molecule has 0 radical (unpaired) electrons. The van der Waals surface area contributed by atoms with Gasteiger partial charge in [-0.1, -0.05) is 0 Å². The summed E-state index contributed by atoms with van der Waals surface area (Å²) >= 11 is 0. The molecule has 0 spiro atoms. The zero-order valence-electron chi connectivity index (χ0n) is 20.9. The first-order valence-corrected chi connectivity index (χ1v) is 10.9. The summed E-state index contributed by atoms with van der Waals surface area (Å²) in [7, 11) is 1.17. The number of amides is 1. The van der Waals surface area contributed by atoms with Gasteiger partial charge in [0.25, 0.3) is 0 Å². The van der Waals surface area contributed by atoms with Gasteiger partial charge in [-0.05, 0) is 40.5 Å². The molecule has 6 atom stereocenters. The number of nitrogens with one attached hydrogen (secondary N) is 1. The van der Waals surface area contributed by atoms with Gasteiger partial charge in [0.05, 0.1) is 19.3 Å². The zero-order valence-corrected chi connectivity index (χ0v) is 20.9. The van der Waals surface area contributed by atoms with E-state index in [2.05, 4.69) is 5.32 Å². The van der Waals surface area contributed by atoms with E-state index in [9.17, 15) is 24.0 Å². The van der Waals surface area contributed by atoms with Crippen LogP contribution >= 0.6 is 0 Å². The SMILES string of the molecule is COC(=O)[C@@H](CC[C@@H]1O[C@@H](C)[C@@H](OC(C)=O)[C@@H](OC(C)=O)[C@@H]1OC(C)=O)NC(=O)OC(C)(C)C. The van der Waals surface area contributed by atoms with Gasteiger partial charge >= 0.3 is 30.0 Å². The Bertz CT molecular complexity index is 760. The average Bonchev–Trinajstić information content (AvgIpc) is 2.67. The van der Waals surface area contributed by atoms with Gasteiger partial charge < -0.3 is 33.7 Å². The number of ether oxygens (including phenoxy) is 6. The third kappa shape index (κ3) is 9.54. The van der Waals surface area contributed by atoms with Crippen molar-refractivity contribution in [3.8, 4) is 0 Å². The Morgan fingerprint density at radius 3 is 1.85 bits per heavy atom. The number of carbonyl (C=O) groups excluding carboxylic acids is 5. The monoisotopic (exact) mass is 489 g/mol. The van der Waals surface area contributed by atoms with E-state index in [0.29, 0.717) is 0 Å². The van der Waals surface area contributed by atoms with Crippen LogP contribution in [-0.2, 0) is 47.6 Å². The summed E-state index contributed by atoms with van der Waals surface area (Å²) in [6.07, 6.45) is -5.61. The van der Waals surface area contributed by atoms with Crippen molar-refractivity contribution in [3.05, 3.63) is 0 Å². The quantitative estimate of drug-likeness (QED) is 0.389. The van der Waals surface area contributed by atoms with Gasteiger partial charge in [0.1, 0.15) is 11.6 Å². The molecular weight excluding hydrogens is 454 g/mol. The molecule has 1 amide bonds. The van der Waals surface area contributed by atoms with E-state index in [1.165, 1.54) is 27.9 Å². The maximum absolute atomic E-state index is 12.2. The molecule has 0 bridgehead atoms. The van der Waals surface area contributed by atoms with Crippen LogP contribution in [0.15, 0.2) is 0 Å². The molecule has 0 aromatic heterocycles. The van der Waals surface area contributed by atoms with Crippen LogP contribution in [-0.4, -0.2) is 79.2 Å². The summed E-state index contributed by atoms with van der Waals surface area (Å²) in [5, 5.41) is 2.46. The molecule has 1 rings (SSSR count). The number of carbonyl (C=O) groups is 5. The van der Waals surface area contributed by atoms with Crippen molar-refractivity contribution < 1.29 is 52.4 Å². The van der Waals surface area contributed by atoms with Gasteiger partial charge in [-0.15, -0.1) is 0 Å². The molecule has 194 valence electrons. The Hall–Kier alpha value is -2.89. The Morgan fingerprint density at radius 2 is 1.38 bits per heavy atom. The first-order chi connectivity index (χ1) is 15.6. The summed E-state index contributed by atoms with van der Waals surface area (Å²) in [5.41, 5.74) is -0.782. The van der Waals surface area contributed by atoms with Crippen molar-refractivity contribution in [1.29, 1.82) is 0 Å². The molecule has 0 aromatic rings. The highest BCUT2D eigenvalue weighted by Gasteiger charge is 2.50. The molecule has 12 nitrogen and oxygen atoms in total. The molecule has 34 heavy (non-hydrogen) atoms. The van der Waals surface area contributed by atoms with Gasteiger partial charge in [0, 0.05) is 20.8 Å². The minimum atomic E-state index is -1.14. The molecule has 0 saturated carbocycles. The summed E-state index contributed by atoms with van der Waals surface area (Å²) in [6, 6.07) is -1.09. The van der Waals surface area contributed by atoms with Gasteiger partial charge in [-0.25, -0.2) is 9.59 Å². The molecule has 1 fully saturated rings. The summed E-state index contributed by atoms with van der Waals surface area (Å²) in [6.45, 7) is 10.2. The molecule has 1 saturated heterocycles. The lowest BCUT2D eigenvalue weighted by molar-refractivity contribution is -0.244. The second-order valence-electron chi connectivity index (χ2n) is 8.90. The van der Waals surface area contributed by atoms with Crippen molar-refractivity contribution >= 4 is 30.0 Å². The predicted octanol–water partition coefficient (Wildman–Crippen LogP) is 1.42. The Labute approximate surface area is 198 Å². The lowest BCUT2D eigenvalue weighted by Gasteiger charge is -2.44. The molecule has 0 unspecified atom stereocenters.